The molecule has 11 heteroatoms. The molecule has 2 amide bonds. The average molecular weight is 791 g/mol. The Labute approximate surface area is 342 Å². The van der Waals surface area contributed by atoms with E-state index < -0.39 is 17.7 Å². The number of nitrogens with zero attached hydrogens (tertiary/aromatic N) is 3. The molecular weight excluding hydrogens is 733 g/mol. The minimum absolute atomic E-state index is 0.0441. The number of alkyl carbamates (subject to hydrolysis) is 1. The molecule has 2 aromatic rings. The number of benzene rings is 2. The molecule has 2 fully saturated rings. The van der Waals surface area contributed by atoms with Crippen molar-refractivity contribution >= 4 is 40.5 Å². The number of fused-ring (bicyclic) bond motifs is 5. The Kier molecular flexibility index (Phi) is 10.9. The van der Waals surface area contributed by atoms with Crippen molar-refractivity contribution in [3.05, 3.63) is 64.5 Å². The maximum atomic E-state index is 14.0. The zero-order valence-electron chi connectivity index (χ0n) is 35.3. The number of hydrogen-bond acceptors (Lipinski definition) is 9. The topological polar surface area (TPSA) is 128 Å². The first kappa shape index (κ1) is 40.0. The first-order valence-corrected chi connectivity index (χ1v) is 21.1. The number of rotatable bonds is 9. The number of methoxy groups -OCH3 is 2. The SMILES string of the molecule is COC[C@H]1C[C@@H](C2=NC3=C(C2)c2cc4c(cc2CC3)-c2ccc(C3=CN=C([C@@H]5CC[C@H](C)C5C(=O)[C@@H](NC(=O)OC)C(C)C)C3)cc2CO4)N(C(=O)OC(C)(C)C)C1. The van der Waals surface area contributed by atoms with Crippen molar-refractivity contribution in [2.75, 3.05) is 27.4 Å². The second-order valence-corrected chi connectivity index (χ2v) is 18.5. The fourth-order valence-corrected chi connectivity index (χ4v) is 10.2. The summed E-state index contributed by atoms with van der Waals surface area (Å²) in [5, 5.41) is 2.80. The van der Waals surface area contributed by atoms with E-state index in [2.05, 4.69) is 42.6 Å². The molecule has 1 unspecified atom stereocenters. The van der Waals surface area contributed by atoms with Crippen LogP contribution in [0, 0.1) is 29.6 Å². The van der Waals surface area contributed by atoms with Crippen LogP contribution in [0.4, 0.5) is 9.59 Å². The smallest absolute Gasteiger partial charge is 0.410 e. The van der Waals surface area contributed by atoms with Gasteiger partial charge in [0.25, 0.3) is 0 Å². The Balaban J connectivity index is 0.967. The number of ketones is 1. The van der Waals surface area contributed by atoms with E-state index in [1.54, 1.807) is 7.11 Å². The van der Waals surface area contributed by atoms with Crippen molar-refractivity contribution < 1.29 is 33.3 Å². The van der Waals surface area contributed by atoms with Crippen molar-refractivity contribution in [2.24, 2.45) is 39.6 Å². The number of aryl methyl sites for hydroxylation is 1. The van der Waals surface area contributed by atoms with Crippen LogP contribution in [0.3, 0.4) is 0 Å². The van der Waals surface area contributed by atoms with Crippen LogP contribution < -0.4 is 10.1 Å². The van der Waals surface area contributed by atoms with Gasteiger partial charge in [0.05, 0.1) is 25.8 Å². The number of ether oxygens (including phenoxy) is 4. The summed E-state index contributed by atoms with van der Waals surface area (Å²) in [7, 11) is 3.04. The minimum Gasteiger partial charge on any atom is -0.488 e. The molecule has 0 spiro atoms. The van der Waals surface area contributed by atoms with Gasteiger partial charge in [0, 0.05) is 73.1 Å². The molecule has 6 atom stereocenters. The lowest BCUT2D eigenvalue weighted by Crippen LogP contribution is -2.49. The Bertz CT molecular complexity index is 2140. The predicted molar refractivity (Wildman–Crippen MR) is 225 cm³/mol. The van der Waals surface area contributed by atoms with Gasteiger partial charge in [-0.05, 0) is 122 Å². The summed E-state index contributed by atoms with van der Waals surface area (Å²) in [4.78, 5) is 51.5. The summed E-state index contributed by atoms with van der Waals surface area (Å²) in [5.74, 6) is 1.18. The summed E-state index contributed by atoms with van der Waals surface area (Å²) < 4.78 is 22.7. The van der Waals surface area contributed by atoms with E-state index in [9.17, 15) is 14.4 Å². The zero-order valence-corrected chi connectivity index (χ0v) is 35.3. The summed E-state index contributed by atoms with van der Waals surface area (Å²) in [6.07, 6.45) is 6.94. The predicted octanol–water partition coefficient (Wildman–Crippen LogP) is 8.82. The Morgan fingerprint density at radius 2 is 1.79 bits per heavy atom. The van der Waals surface area contributed by atoms with Crippen LogP contribution in [0.25, 0.3) is 22.3 Å². The number of carbonyl (C=O) groups excluding carboxylic acids is 3. The molecule has 58 heavy (non-hydrogen) atoms. The second-order valence-electron chi connectivity index (χ2n) is 18.5. The van der Waals surface area contributed by atoms with E-state index in [1.165, 1.54) is 29.4 Å². The normalized spacial score (nSPS) is 25.2. The van der Waals surface area contributed by atoms with Crippen molar-refractivity contribution in [3.63, 3.8) is 0 Å². The maximum Gasteiger partial charge on any atom is 0.410 e. The largest absolute Gasteiger partial charge is 0.488 e. The lowest BCUT2D eigenvalue weighted by molar-refractivity contribution is -0.127. The Morgan fingerprint density at radius 1 is 0.983 bits per heavy atom. The second kappa shape index (κ2) is 15.8. The summed E-state index contributed by atoms with van der Waals surface area (Å²) in [5.41, 5.74) is 12.1. The highest BCUT2D eigenvalue weighted by Gasteiger charge is 2.45. The van der Waals surface area contributed by atoms with Crippen molar-refractivity contribution in [1.29, 1.82) is 0 Å². The van der Waals surface area contributed by atoms with Crippen LogP contribution in [0.15, 0.2) is 52.2 Å². The van der Waals surface area contributed by atoms with Gasteiger partial charge < -0.3 is 24.3 Å². The van der Waals surface area contributed by atoms with Crippen molar-refractivity contribution in [2.45, 2.75) is 111 Å². The lowest BCUT2D eigenvalue weighted by atomic mass is 9.78. The molecule has 11 nitrogen and oxygen atoms in total. The highest BCUT2D eigenvalue weighted by atomic mass is 16.6. The fraction of sp³-hybridized carbons (Fsp3) is 0.553. The number of carbonyl (C=O) groups is 3. The van der Waals surface area contributed by atoms with E-state index in [0.29, 0.717) is 32.6 Å². The number of nitrogens with one attached hydrogen (secondary N) is 1. The van der Waals surface area contributed by atoms with Crippen LogP contribution in [0.5, 0.6) is 5.75 Å². The number of likely N-dealkylation sites (tertiary alicyclic amines) is 1. The summed E-state index contributed by atoms with van der Waals surface area (Å²) >= 11 is 0. The van der Waals surface area contributed by atoms with Gasteiger partial charge in [0.2, 0.25) is 0 Å². The van der Waals surface area contributed by atoms with Gasteiger partial charge >= 0.3 is 12.2 Å². The molecule has 6 aliphatic rings. The molecule has 8 rings (SSSR count). The van der Waals surface area contributed by atoms with Crippen LogP contribution >= 0.6 is 0 Å². The van der Waals surface area contributed by atoms with Gasteiger partial charge in [-0.3, -0.25) is 19.7 Å². The molecule has 2 aromatic carbocycles. The van der Waals surface area contributed by atoms with E-state index in [4.69, 9.17) is 28.9 Å². The standard InChI is InChI=1S/C47H58N4O7/c1-25(2)43(50-45(53)56-8)44(52)42-26(3)9-12-33(42)38-18-30(21-48-38)28-10-13-32-31(16-28)24-57-41-20-34-29(17-36(32)41)11-14-37-35(34)19-39(49-37)40-15-27(23-55-7)22-51(40)46(54)58-47(4,5)6/h10,13,16-17,20-21,25-27,33,40,42-43H,9,11-12,14-15,18-19,22-24H2,1-8H3,(H,50,53)/t26-,27-,33-,40-,42?,43-/m0/s1. The molecule has 4 heterocycles. The molecule has 0 bridgehead atoms. The maximum absolute atomic E-state index is 14.0. The van der Waals surface area contributed by atoms with Crippen molar-refractivity contribution in [1.82, 2.24) is 10.2 Å². The third-order valence-corrected chi connectivity index (χ3v) is 13.0. The molecule has 1 saturated heterocycles. The fourth-order valence-electron chi connectivity index (χ4n) is 10.2. The lowest BCUT2D eigenvalue weighted by Gasteiger charge is -2.29. The van der Waals surface area contributed by atoms with E-state index in [0.717, 1.165) is 77.2 Å². The van der Waals surface area contributed by atoms with Crippen LogP contribution in [0.1, 0.15) is 102 Å². The third kappa shape index (κ3) is 7.62. The summed E-state index contributed by atoms with van der Waals surface area (Å²) in [6, 6.07) is 10.5. The first-order chi connectivity index (χ1) is 27.7. The highest BCUT2D eigenvalue weighted by molar-refractivity contribution is 6.06. The monoisotopic (exact) mass is 790 g/mol. The molecule has 1 N–H and O–H groups in total. The highest BCUT2D eigenvalue weighted by Crippen LogP contribution is 2.48. The molecule has 2 aliphatic carbocycles. The van der Waals surface area contributed by atoms with Gasteiger partial charge in [-0.2, -0.15) is 0 Å². The minimum atomic E-state index is -0.602. The molecule has 308 valence electrons. The van der Waals surface area contributed by atoms with E-state index in [1.807, 2.05) is 45.7 Å². The number of amides is 2. The summed E-state index contributed by atoms with van der Waals surface area (Å²) in [6.45, 7) is 13.4. The van der Waals surface area contributed by atoms with Crippen LogP contribution in [-0.4, -0.2) is 79.3 Å². The third-order valence-electron chi connectivity index (χ3n) is 13.0. The van der Waals surface area contributed by atoms with Gasteiger partial charge in [0.1, 0.15) is 18.0 Å². The molecule has 0 aromatic heterocycles. The van der Waals surface area contributed by atoms with Gasteiger partial charge in [-0.25, -0.2) is 9.59 Å². The number of Topliss-reactive ketones (excluding diaryl/α,β-unsaturated/α-hetero) is 1. The molecular formula is C47H58N4O7. The first-order valence-electron chi connectivity index (χ1n) is 21.1. The van der Waals surface area contributed by atoms with E-state index >= 15 is 0 Å². The van der Waals surface area contributed by atoms with Gasteiger partial charge in [-0.1, -0.05) is 32.9 Å². The molecule has 0 radical (unpaired) electrons. The number of allylic oxidation sites excluding steroid dienone is 3. The van der Waals surface area contributed by atoms with Crippen LogP contribution in [0.2, 0.25) is 0 Å². The van der Waals surface area contributed by atoms with E-state index in [-0.39, 0.29) is 47.5 Å². The molecule has 1 saturated carbocycles. The quantitative estimate of drug-likeness (QED) is 0.269. The van der Waals surface area contributed by atoms with Gasteiger partial charge in [0.15, 0.2) is 5.78 Å². The zero-order chi connectivity index (χ0) is 41.0. The van der Waals surface area contributed by atoms with Gasteiger partial charge in [-0.15, -0.1) is 0 Å². The Hall–Kier alpha value is -4.77. The average Bonchev–Trinajstić information content (AvgIpc) is 4.00. The number of aliphatic imine (C=N–C) groups is 2. The van der Waals surface area contributed by atoms with Crippen molar-refractivity contribution in [3.8, 4) is 16.9 Å². The Morgan fingerprint density at radius 3 is 2.53 bits per heavy atom. The van der Waals surface area contributed by atoms with Crippen LogP contribution in [-0.2, 0) is 32.0 Å². The number of hydrogen-bond donors (Lipinski definition) is 1. The molecule has 4 aliphatic heterocycles.